The summed E-state index contributed by atoms with van der Waals surface area (Å²) in [4.78, 5) is 31.3. The van der Waals surface area contributed by atoms with Gasteiger partial charge in [0, 0.05) is 0 Å². The average Bonchev–Trinajstić information content (AvgIpc) is 2.67. The van der Waals surface area contributed by atoms with E-state index in [0.717, 1.165) is 33.4 Å². The molecule has 0 aliphatic heterocycles. The van der Waals surface area contributed by atoms with Gasteiger partial charge in [-0.3, -0.25) is 0 Å². The second-order valence-corrected chi connectivity index (χ2v) is 10.3. The highest BCUT2D eigenvalue weighted by Gasteiger charge is 2.54. The molecule has 192 valence electrons. The summed E-state index contributed by atoms with van der Waals surface area (Å²) in [5.41, 5.74) is 3.51. The van der Waals surface area contributed by atoms with Crippen molar-refractivity contribution in [3.05, 3.63) is 68.8 Å². The molecule has 0 spiro atoms. The quantitative estimate of drug-likeness (QED) is 0.244. The lowest BCUT2D eigenvalue weighted by molar-refractivity contribution is -0.137. The zero-order chi connectivity index (χ0) is 26.4. The van der Waals surface area contributed by atoms with Crippen LogP contribution in [0.1, 0.15) is 44.5 Å². The van der Waals surface area contributed by atoms with E-state index in [-0.39, 0.29) is 0 Å². The second-order valence-electron chi connectivity index (χ2n) is 8.60. The van der Waals surface area contributed by atoms with E-state index in [4.69, 9.17) is 19.6 Å². The van der Waals surface area contributed by atoms with Gasteiger partial charge in [0.15, 0.2) is 0 Å². The fourth-order valence-corrected chi connectivity index (χ4v) is 5.24. The predicted molar refractivity (Wildman–Crippen MR) is 132 cm³/mol. The van der Waals surface area contributed by atoms with Crippen molar-refractivity contribution in [3.8, 4) is 0 Å². The molecule has 0 unspecified atom stereocenters. The largest absolute Gasteiger partial charge is 0.395 e. The van der Waals surface area contributed by atoms with Crippen molar-refractivity contribution >= 4 is 17.2 Å². The molecular formula is C23H36O9P2. The molecule has 0 atom stereocenters. The summed E-state index contributed by atoms with van der Waals surface area (Å²) < 4.78 is 3.60. The van der Waals surface area contributed by atoms with Gasteiger partial charge in [0.25, 0.3) is 0 Å². The molecular weight excluding hydrogens is 482 g/mol. The second kappa shape index (κ2) is 12.8. The van der Waals surface area contributed by atoms with Crippen LogP contribution in [0, 0.1) is 47.0 Å². The number of benzene rings is 2. The van der Waals surface area contributed by atoms with Gasteiger partial charge < -0.3 is 40.0 Å². The van der Waals surface area contributed by atoms with E-state index < -0.39 is 48.0 Å². The summed E-state index contributed by atoms with van der Waals surface area (Å²) in [6.07, 6.45) is 0. The molecule has 2 aromatic rings. The highest BCUT2D eigenvalue weighted by molar-refractivity contribution is 7.53. The SMILES string of the molecule is Cc1cc(C)c(C(O)(c2c(C)cc(C)cc2C)C(CO)(CO)CO)c(C)c1.OP(O)OP(O)O. The Labute approximate surface area is 202 Å². The lowest BCUT2D eigenvalue weighted by atomic mass is 9.62. The first-order valence-electron chi connectivity index (χ1n) is 10.5. The summed E-state index contributed by atoms with van der Waals surface area (Å²) in [5.74, 6) is 0. The van der Waals surface area contributed by atoms with E-state index in [0.29, 0.717) is 11.1 Å². The van der Waals surface area contributed by atoms with Crippen LogP contribution >= 0.6 is 17.2 Å². The van der Waals surface area contributed by atoms with Crippen LogP contribution in [0.15, 0.2) is 24.3 Å². The van der Waals surface area contributed by atoms with Gasteiger partial charge in [-0.15, -0.1) is 0 Å². The lowest BCUT2D eigenvalue weighted by Gasteiger charge is -2.47. The third-order valence-electron chi connectivity index (χ3n) is 5.90. The zero-order valence-electron chi connectivity index (χ0n) is 20.3. The minimum Gasteiger partial charge on any atom is -0.395 e. The van der Waals surface area contributed by atoms with E-state index in [2.05, 4.69) is 4.31 Å². The van der Waals surface area contributed by atoms with Gasteiger partial charge in [-0.25, -0.2) is 4.31 Å². The standard InChI is InChI=1S/C23H32O4.H4O5P2/c1-14-7-16(3)20(17(4)8-14)23(27,22(11-24,12-25)13-26)21-18(5)9-15(2)10-19(21)6;1-6(2)5-7(3)4/h7-10,24-27H,11-13H2,1-6H3;1-4H. The van der Waals surface area contributed by atoms with E-state index in [1.165, 1.54) is 0 Å². The van der Waals surface area contributed by atoms with E-state index in [9.17, 15) is 20.4 Å². The van der Waals surface area contributed by atoms with Crippen molar-refractivity contribution in [2.45, 2.75) is 47.1 Å². The molecule has 0 amide bonds. The summed E-state index contributed by atoms with van der Waals surface area (Å²) in [6.45, 7) is 9.95. The summed E-state index contributed by atoms with van der Waals surface area (Å²) in [6, 6.07) is 7.90. The summed E-state index contributed by atoms with van der Waals surface area (Å²) in [5, 5.41) is 43.0. The highest BCUT2D eigenvalue weighted by Crippen LogP contribution is 2.49. The molecule has 0 fully saturated rings. The number of aliphatic hydroxyl groups excluding tert-OH is 3. The van der Waals surface area contributed by atoms with Crippen molar-refractivity contribution in [2.24, 2.45) is 5.41 Å². The molecule has 9 nitrogen and oxygen atoms in total. The number of rotatable bonds is 8. The number of aliphatic hydroxyl groups is 4. The first-order chi connectivity index (χ1) is 15.7. The molecule has 2 rings (SSSR count). The molecule has 0 radical (unpaired) electrons. The van der Waals surface area contributed by atoms with Crippen LogP contribution in [0.25, 0.3) is 0 Å². The van der Waals surface area contributed by atoms with E-state index in [1.807, 2.05) is 65.8 Å². The molecule has 0 saturated carbocycles. The molecule has 11 heteroatoms. The minimum atomic E-state index is -2.61. The maximum absolute atomic E-state index is 12.3. The predicted octanol–water partition coefficient (Wildman–Crippen LogP) is 2.16. The van der Waals surface area contributed by atoms with E-state index >= 15 is 0 Å². The lowest BCUT2D eigenvalue weighted by Crippen LogP contribution is -2.55. The molecule has 0 aliphatic carbocycles. The number of aryl methyl sites for hydroxylation is 6. The number of hydrogen-bond donors (Lipinski definition) is 8. The normalized spacial score (nSPS) is 12.2. The smallest absolute Gasteiger partial charge is 0.334 e. The zero-order valence-corrected chi connectivity index (χ0v) is 22.1. The summed E-state index contributed by atoms with van der Waals surface area (Å²) in [7, 11) is -5.22. The minimum absolute atomic E-state index is 0.560. The van der Waals surface area contributed by atoms with Gasteiger partial charge in [0.05, 0.1) is 25.2 Å². The van der Waals surface area contributed by atoms with Crippen LogP contribution in [0.3, 0.4) is 0 Å². The average molecular weight is 518 g/mol. The third kappa shape index (κ3) is 6.58. The first-order valence-corrected chi connectivity index (χ1v) is 12.8. The third-order valence-corrected chi connectivity index (χ3v) is 7.07. The summed E-state index contributed by atoms with van der Waals surface area (Å²) >= 11 is 0. The number of hydrogen-bond acceptors (Lipinski definition) is 9. The molecule has 8 N–H and O–H groups in total. The van der Waals surface area contributed by atoms with Crippen LogP contribution in [0.2, 0.25) is 0 Å². The Kier molecular flexibility index (Phi) is 11.6. The Morgan fingerprint density at radius 3 is 1.06 bits per heavy atom. The maximum atomic E-state index is 12.3. The molecule has 0 bridgehead atoms. The van der Waals surface area contributed by atoms with Crippen molar-refractivity contribution in [1.82, 2.24) is 0 Å². The molecule has 0 heterocycles. The van der Waals surface area contributed by atoms with E-state index in [1.54, 1.807) is 0 Å². The van der Waals surface area contributed by atoms with Crippen molar-refractivity contribution in [1.29, 1.82) is 0 Å². The molecule has 2 aromatic carbocycles. The Morgan fingerprint density at radius 2 is 0.882 bits per heavy atom. The Balaban J connectivity index is 0.000000718. The van der Waals surface area contributed by atoms with Gasteiger partial charge in [-0.1, -0.05) is 35.4 Å². The van der Waals surface area contributed by atoms with Gasteiger partial charge in [0.1, 0.15) is 5.60 Å². The van der Waals surface area contributed by atoms with Crippen LogP contribution in [0.5, 0.6) is 0 Å². The van der Waals surface area contributed by atoms with Crippen molar-refractivity contribution in [2.75, 3.05) is 19.8 Å². The van der Waals surface area contributed by atoms with Crippen LogP contribution < -0.4 is 0 Å². The van der Waals surface area contributed by atoms with Crippen LogP contribution in [0.4, 0.5) is 0 Å². The van der Waals surface area contributed by atoms with Gasteiger partial charge in [-0.05, 0) is 74.9 Å². The van der Waals surface area contributed by atoms with Crippen LogP contribution in [-0.2, 0) is 9.91 Å². The van der Waals surface area contributed by atoms with Crippen molar-refractivity contribution < 1.29 is 44.3 Å². The topological polar surface area (TPSA) is 171 Å². The molecule has 0 saturated heterocycles. The molecule has 0 aliphatic rings. The molecule has 34 heavy (non-hydrogen) atoms. The Bertz CT molecular complexity index is 842. The fraction of sp³-hybridized carbons (Fsp3) is 0.478. The monoisotopic (exact) mass is 518 g/mol. The van der Waals surface area contributed by atoms with Gasteiger partial charge >= 0.3 is 17.2 Å². The first kappa shape index (κ1) is 31.0. The Morgan fingerprint density at radius 1 is 0.618 bits per heavy atom. The highest BCUT2D eigenvalue weighted by atomic mass is 31.2. The maximum Gasteiger partial charge on any atom is 0.334 e. The van der Waals surface area contributed by atoms with Gasteiger partial charge in [0.2, 0.25) is 0 Å². The Hall–Kier alpha value is -1.06. The van der Waals surface area contributed by atoms with Crippen LogP contribution in [-0.4, -0.2) is 59.8 Å². The van der Waals surface area contributed by atoms with Gasteiger partial charge in [-0.2, -0.15) is 0 Å². The molecule has 0 aromatic heterocycles. The fourth-order valence-electron chi connectivity index (χ4n) is 4.72. The van der Waals surface area contributed by atoms with Crippen molar-refractivity contribution in [3.63, 3.8) is 0 Å².